The van der Waals surface area contributed by atoms with Gasteiger partial charge in [0.2, 0.25) is 11.8 Å². The van der Waals surface area contributed by atoms with Gasteiger partial charge in [-0.25, -0.2) is 0 Å². The van der Waals surface area contributed by atoms with Crippen LogP contribution in [0.25, 0.3) is 0 Å². The van der Waals surface area contributed by atoms with Gasteiger partial charge in [0.1, 0.15) is 5.76 Å². The van der Waals surface area contributed by atoms with E-state index in [4.69, 9.17) is 4.52 Å². The van der Waals surface area contributed by atoms with E-state index in [1.54, 1.807) is 17.9 Å². The summed E-state index contributed by atoms with van der Waals surface area (Å²) in [6.45, 7) is 6.04. The molecule has 0 aromatic carbocycles. The number of aromatic nitrogens is 1. The lowest BCUT2D eigenvalue weighted by atomic mass is 9.97. The van der Waals surface area contributed by atoms with Gasteiger partial charge < -0.3 is 9.42 Å². The summed E-state index contributed by atoms with van der Waals surface area (Å²) < 4.78 is 5.01. The maximum atomic E-state index is 12.5. The van der Waals surface area contributed by atoms with E-state index in [1.165, 1.54) is 0 Å². The first-order chi connectivity index (χ1) is 10.0. The number of piperidine rings is 1. The van der Waals surface area contributed by atoms with Crippen LogP contribution in [0.4, 0.5) is 5.82 Å². The molecule has 3 heterocycles. The summed E-state index contributed by atoms with van der Waals surface area (Å²) in [7, 11) is 0. The number of rotatable bonds is 2. The molecular weight excluding hydrogens is 270 g/mol. The van der Waals surface area contributed by atoms with Crippen LogP contribution in [0.2, 0.25) is 0 Å². The molecule has 2 aliphatic rings. The maximum absolute atomic E-state index is 12.5. The molecule has 1 atom stereocenters. The zero-order chi connectivity index (χ0) is 15.0. The van der Waals surface area contributed by atoms with Gasteiger partial charge >= 0.3 is 0 Å². The Morgan fingerprint density at radius 1 is 1.38 bits per heavy atom. The van der Waals surface area contributed by atoms with Gasteiger partial charge in [-0.3, -0.25) is 14.5 Å². The molecule has 2 aliphatic heterocycles. The monoisotopic (exact) mass is 291 g/mol. The van der Waals surface area contributed by atoms with E-state index in [9.17, 15) is 9.59 Å². The molecule has 1 unspecified atom stereocenters. The molecule has 6 heteroatoms. The van der Waals surface area contributed by atoms with Gasteiger partial charge in [-0.05, 0) is 25.7 Å². The number of nitrogens with zero attached hydrogens (tertiary/aromatic N) is 3. The van der Waals surface area contributed by atoms with Gasteiger partial charge in [0.25, 0.3) is 0 Å². The summed E-state index contributed by atoms with van der Waals surface area (Å²) in [5.74, 6) is 1.68. The van der Waals surface area contributed by atoms with Gasteiger partial charge in [-0.2, -0.15) is 0 Å². The number of hydrogen-bond acceptors (Lipinski definition) is 4. The highest BCUT2D eigenvalue weighted by atomic mass is 16.5. The van der Waals surface area contributed by atoms with Gasteiger partial charge in [0.15, 0.2) is 5.82 Å². The van der Waals surface area contributed by atoms with Gasteiger partial charge in [-0.1, -0.05) is 12.1 Å². The predicted octanol–water partition coefficient (Wildman–Crippen LogP) is 1.59. The molecule has 0 saturated carbocycles. The molecular formula is C15H21N3O3. The largest absolute Gasteiger partial charge is 0.360 e. The van der Waals surface area contributed by atoms with Crippen LogP contribution in [-0.4, -0.2) is 41.5 Å². The third-order valence-electron chi connectivity index (χ3n) is 4.46. The molecule has 0 N–H and O–H groups in total. The lowest BCUT2D eigenvalue weighted by molar-refractivity contribution is -0.137. The fourth-order valence-electron chi connectivity index (χ4n) is 3.06. The predicted molar refractivity (Wildman–Crippen MR) is 76.7 cm³/mol. The van der Waals surface area contributed by atoms with Crippen LogP contribution in [0.1, 0.15) is 31.9 Å². The first-order valence-corrected chi connectivity index (χ1v) is 7.57. The van der Waals surface area contributed by atoms with Gasteiger partial charge in [0, 0.05) is 32.1 Å². The van der Waals surface area contributed by atoms with E-state index in [-0.39, 0.29) is 24.2 Å². The fraction of sp³-hybridized carbons (Fsp3) is 0.667. The van der Waals surface area contributed by atoms with Crippen LogP contribution in [-0.2, 0) is 9.59 Å². The van der Waals surface area contributed by atoms with Crippen LogP contribution in [0, 0.1) is 18.8 Å². The lowest BCUT2D eigenvalue weighted by Crippen LogP contribution is -2.42. The van der Waals surface area contributed by atoms with Gasteiger partial charge in [-0.15, -0.1) is 0 Å². The van der Waals surface area contributed by atoms with Crippen molar-refractivity contribution in [1.82, 2.24) is 10.1 Å². The molecule has 0 radical (unpaired) electrons. The second-order valence-electron chi connectivity index (χ2n) is 6.21. The second kappa shape index (κ2) is 5.50. The standard InChI is InChI=1S/C15H21N3O3/c1-10-3-5-17(6-4-10)15(20)12-8-14(19)18(9-12)13-7-11(2)21-16-13/h7,10,12H,3-6,8-9H2,1-2H3. The Balaban J connectivity index is 1.65. The molecule has 1 aromatic rings. The highest BCUT2D eigenvalue weighted by molar-refractivity contribution is 5.99. The molecule has 0 spiro atoms. The van der Waals surface area contributed by atoms with Crippen molar-refractivity contribution in [3.8, 4) is 0 Å². The van der Waals surface area contributed by atoms with Crippen molar-refractivity contribution >= 4 is 17.6 Å². The summed E-state index contributed by atoms with van der Waals surface area (Å²) in [4.78, 5) is 28.1. The maximum Gasteiger partial charge on any atom is 0.229 e. The Morgan fingerprint density at radius 3 is 2.71 bits per heavy atom. The van der Waals surface area contributed by atoms with E-state index in [0.29, 0.717) is 24.0 Å². The number of anilines is 1. The number of hydrogen-bond donors (Lipinski definition) is 0. The molecule has 6 nitrogen and oxygen atoms in total. The average Bonchev–Trinajstić information content (AvgIpc) is 3.05. The second-order valence-corrected chi connectivity index (χ2v) is 6.21. The summed E-state index contributed by atoms with van der Waals surface area (Å²) in [5, 5.41) is 3.87. The Kier molecular flexibility index (Phi) is 3.69. The fourth-order valence-corrected chi connectivity index (χ4v) is 3.06. The molecule has 0 bridgehead atoms. The van der Waals surface area contributed by atoms with E-state index in [0.717, 1.165) is 25.9 Å². The van der Waals surface area contributed by atoms with Crippen LogP contribution in [0.5, 0.6) is 0 Å². The summed E-state index contributed by atoms with van der Waals surface area (Å²) in [5.41, 5.74) is 0. The van der Waals surface area contributed by atoms with E-state index < -0.39 is 0 Å². The Morgan fingerprint density at radius 2 is 2.10 bits per heavy atom. The van der Waals surface area contributed by atoms with Crippen molar-refractivity contribution in [3.63, 3.8) is 0 Å². The SMILES string of the molecule is Cc1cc(N2CC(C(=O)N3CCC(C)CC3)CC2=O)no1. The topological polar surface area (TPSA) is 66.7 Å². The summed E-state index contributed by atoms with van der Waals surface area (Å²) >= 11 is 0. The van der Waals surface area contributed by atoms with E-state index in [1.807, 2.05) is 4.90 Å². The van der Waals surface area contributed by atoms with Crippen LogP contribution < -0.4 is 4.90 Å². The molecule has 2 fully saturated rings. The van der Waals surface area contributed by atoms with Crippen molar-refractivity contribution in [2.75, 3.05) is 24.5 Å². The number of carbonyl (C=O) groups is 2. The quantitative estimate of drug-likeness (QED) is 0.830. The van der Waals surface area contributed by atoms with Gasteiger partial charge in [0.05, 0.1) is 5.92 Å². The molecule has 21 heavy (non-hydrogen) atoms. The van der Waals surface area contributed by atoms with Crippen molar-refractivity contribution < 1.29 is 14.1 Å². The first kappa shape index (κ1) is 14.1. The van der Waals surface area contributed by atoms with E-state index in [2.05, 4.69) is 12.1 Å². The lowest BCUT2D eigenvalue weighted by Gasteiger charge is -2.32. The first-order valence-electron chi connectivity index (χ1n) is 7.57. The zero-order valence-corrected chi connectivity index (χ0v) is 12.5. The zero-order valence-electron chi connectivity index (χ0n) is 12.5. The third kappa shape index (κ3) is 2.80. The molecule has 3 rings (SSSR count). The minimum atomic E-state index is -0.247. The highest BCUT2D eigenvalue weighted by Gasteiger charge is 2.38. The highest BCUT2D eigenvalue weighted by Crippen LogP contribution is 2.27. The smallest absolute Gasteiger partial charge is 0.229 e. The number of amides is 2. The summed E-state index contributed by atoms with van der Waals surface area (Å²) in [6, 6.07) is 1.73. The third-order valence-corrected chi connectivity index (χ3v) is 4.46. The number of carbonyl (C=O) groups excluding carboxylic acids is 2. The molecule has 1 aromatic heterocycles. The van der Waals surface area contributed by atoms with E-state index >= 15 is 0 Å². The molecule has 2 saturated heterocycles. The van der Waals surface area contributed by atoms with Crippen molar-refractivity contribution in [2.24, 2.45) is 11.8 Å². The number of aryl methyl sites for hydroxylation is 1. The minimum absolute atomic E-state index is 0.0490. The van der Waals surface area contributed by atoms with Crippen LogP contribution in [0.15, 0.2) is 10.6 Å². The molecule has 114 valence electrons. The number of likely N-dealkylation sites (tertiary alicyclic amines) is 1. The van der Waals surface area contributed by atoms with Crippen molar-refractivity contribution in [2.45, 2.75) is 33.1 Å². The normalized spacial score (nSPS) is 23.9. The minimum Gasteiger partial charge on any atom is -0.360 e. The van der Waals surface area contributed by atoms with Crippen molar-refractivity contribution in [1.29, 1.82) is 0 Å². The molecule has 0 aliphatic carbocycles. The summed E-state index contributed by atoms with van der Waals surface area (Å²) in [6.07, 6.45) is 2.38. The van der Waals surface area contributed by atoms with Crippen molar-refractivity contribution in [3.05, 3.63) is 11.8 Å². The Bertz CT molecular complexity index is 546. The van der Waals surface area contributed by atoms with Crippen LogP contribution in [0.3, 0.4) is 0 Å². The van der Waals surface area contributed by atoms with Crippen LogP contribution >= 0.6 is 0 Å². The average molecular weight is 291 g/mol. The molecule has 2 amide bonds. The Hall–Kier alpha value is -1.85. The Labute approximate surface area is 124 Å².